The lowest BCUT2D eigenvalue weighted by Gasteiger charge is -2.03. The number of rotatable bonds is 5. The number of hydrogen-bond acceptors (Lipinski definition) is 4. The Kier molecular flexibility index (Phi) is 3.98. The van der Waals surface area contributed by atoms with E-state index in [1.807, 2.05) is 40.9 Å². The molecule has 0 saturated heterocycles. The first-order chi connectivity index (χ1) is 11.3. The minimum Gasteiger partial charge on any atom is -0.479 e. The largest absolute Gasteiger partial charge is 0.479 e. The Hall–Kier alpha value is -3.26. The number of carbonyl (C=O) groups excluding carboxylic acids is 1. The first-order valence-electron chi connectivity index (χ1n) is 7.07. The van der Waals surface area contributed by atoms with Crippen LogP contribution in [0.4, 0.5) is 0 Å². The first-order valence-corrected chi connectivity index (χ1v) is 7.07. The van der Waals surface area contributed by atoms with Gasteiger partial charge in [0.1, 0.15) is 18.4 Å². The minimum absolute atomic E-state index is 0.0248. The normalized spacial score (nSPS) is 10.4. The monoisotopic (exact) mass is 306 g/mol. The van der Waals surface area contributed by atoms with Crippen molar-refractivity contribution in [1.29, 1.82) is 5.26 Å². The molecule has 5 heteroatoms. The molecule has 0 aliphatic carbocycles. The molecule has 0 aliphatic heterocycles. The molecule has 0 fully saturated rings. The number of hydrogen-bond donors (Lipinski definition) is 0. The molecule has 0 spiro atoms. The summed E-state index contributed by atoms with van der Waals surface area (Å²) in [5, 5.41) is 9.40. The molecule has 0 saturated carbocycles. The van der Waals surface area contributed by atoms with E-state index in [1.165, 1.54) is 6.08 Å². The van der Waals surface area contributed by atoms with Gasteiger partial charge in [-0.3, -0.25) is 0 Å². The minimum atomic E-state index is -0.394. The second kappa shape index (κ2) is 6.24. The summed E-state index contributed by atoms with van der Waals surface area (Å²) in [6, 6.07) is 12.9. The Morgan fingerprint density at radius 3 is 2.96 bits per heavy atom. The van der Waals surface area contributed by atoms with Crippen LogP contribution >= 0.6 is 0 Å². The van der Waals surface area contributed by atoms with Crippen molar-refractivity contribution in [1.82, 2.24) is 4.40 Å². The smallest absolute Gasteiger partial charge is 0.341 e. The van der Waals surface area contributed by atoms with Crippen molar-refractivity contribution >= 4 is 22.4 Å². The molecule has 23 heavy (non-hydrogen) atoms. The van der Waals surface area contributed by atoms with Crippen LogP contribution in [0.5, 0.6) is 5.75 Å². The van der Waals surface area contributed by atoms with Gasteiger partial charge in [0.2, 0.25) is 0 Å². The fourth-order valence-corrected chi connectivity index (χ4v) is 2.54. The van der Waals surface area contributed by atoms with Crippen LogP contribution < -0.4 is 4.74 Å². The van der Waals surface area contributed by atoms with Gasteiger partial charge in [-0.1, -0.05) is 18.7 Å². The van der Waals surface area contributed by atoms with Crippen molar-refractivity contribution in [2.45, 2.75) is 0 Å². The molecule has 3 aromatic rings. The van der Waals surface area contributed by atoms with E-state index in [-0.39, 0.29) is 13.2 Å². The van der Waals surface area contributed by atoms with Gasteiger partial charge in [-0.2, -0.15) is 5.26 Å². The van der Waals surface area contributed by atoms with Crippen LogP contribution in [-0.4, -0.2) is 23.6 Å². The molecule has 2 aromatic heterocycles. The van der Waals surface area contributed by atoms with E-state index in [4.69, 9.17) is 14.7 Å². The molecule has 114 valence electrons. The number of nitrogens with zero attached hydrogens (tertiary/aromatic N) is 2. The van der Waals surface area contributed by atoms with Gasteiger partial charge in [-0.25, -0.2) is 4.79 Å². The first kappa shape index (κ1) is 14.7. The number of carbonyl (C=O) groups is 1. The quantitative estimate of drug-likeness (QED) is 0.536. The number of fused-ring (bicyclic) bond motifs is 3. The third-order valence-electron chi connectivity index (χ3n) is 3.45. The highest BCUT2D eigenvalue weighted by Crippen LogP contribution is 2.30. The number of pyridine rings is 1. The summed E-state index contributed by atoms with van der Waals surface area (Å²) < 4.78 is 12.4. The standard InChI is InChI=1S/C18H14N2O3/c1-2-10-23-18(21)17-14-7-6-13(22-11-8-19)12-16(14)20-9-4-3-5-15(17)20/h2-7,9,12H,1,10-11H2. The van der Waals surface area contributed by atoms with E-state index >= 15 is 0 Å². The number of esters is 1. The SMILES string of the molecule is C=CCOC(=O)c1c2ccc(OCC#N)cc2n2ccccc12. The molecule has 5 nitrogen and oxygen atoms in total. The fraction of sp³-hybridized carbons (Fsp3) is 0.111. The number of nitriles is 1. The second-order valence-electron chi connectivity index (χ2n) is 4.84. The molecule has 0 radical (unpaired) electrons. The molecule has 0 unspecified atom stereocenters. The number of ether oxygens (including phenoxy) is 2. The summed E-state index contributed by atoms with van der Waals surface area (Å²) in [6.45, 7) is 3.69. The third kappa shape index (κ3) is 2.62. The van der Waals surface area contributed by atoms with Crippen LogP contribution in [0.3, 0.4) is 0 Å². The summed E-state index contributed by atoms with van der Waals surface area (Å²) in [5.41, 5.74) is 2.09. The maximum absolute atomic E-state index is 12.4. The van der Waals surface area contributed by atoms with Crippen LogP contribution in [0.1, 0.15) is 10.4 Å². The van der Waals surface area contributed by atoms with E-state index < -0.39 is 5.97 Å². The highest BCUT2D eigenvalue weighted by molar-refractivity contribution is 6.11. The summed E-state index contributed by atoms with van der Waals surface area (Å²) in [7, 11) is 0. The van der Waals surface area contributed by atoms with Crippen LogP contribution in [0.15, 0.2) is 55.3 Å². The molecule has 3 rings (SSSR count). The zero-order valence-corrected chi connectivity index (χ0v) is 12.4. The highest BCUT2D eigenvalue weighted by atomic mass is 16.5. The highest BCUT2D eigenvalue weighted by Gasteiger charge is 2.19. The van der Waals surface area contributed by atoms with Crippen molar-refractivity contribution in [2.75, 3.05) is 13.2 Å². The Morgan fingerprint density at radius 2 is 2.17 bits per heavy atom. The summed E-state index contributed by atoms with van der Waals surface area (Å²) in [5.74, 6) is 0.183. The van der Waals surface area contributed by atoms with Gasteiger partial charge in [0, 0.05) is 17.6 Å². The van der Waals surface area contributed by atoms with E-state index in [1.54, 1.807) is 12.1 Å². The topological polar surface area (TPSA) is 63.7 Å². The Morgan fingerprint density at radius 1 is 1.30 bits per heavy atom. The van der Waals surface area contributed by atoms with Crippen LogP contribution in [0, 0.1) is 11.3 Å². The van der Waals surface area contributed by atoms with Crippen molar-refractivity contribution in [3.8, 4) is 11.8 Å². The maximum atomic E-state index is 12.4. The van der Waals surface area contributed by atoms with Crippen LogP contribution in [0.25, 0.3) is 16.4 Å². The van der Waals surface area contributed by atoms with Gasteiger partial charge < -0.3 is 13.9 Å². The molecule has 0 N–H and O–H groups in total. The molecule has 0 bridgehead atoms. The van der Waals surface area contributed by atoms with Crippen molar-refractivity contribution in [3.63, 3.8) is 0 Å². The van der Waals surface area contributed by atoms with E-state index in [9.17, 15) is 4.79 Å². The third-order valence-corrected chi connectivity index (χ3v) is 3.45. The van der Waals surface area contributed by atoms with Gasteiger partial charge in [0.05, 0.1) is 16.6 Å². The van der Waals surface area contributed by atoms with Gasteiger partial charge in [-0.05, 0) is 24.3 Å². The Balaban J connectivity index is 2.19. The van der Waals surface area contributed by atoms with E-state index in [2.05, 4.69) is 6.58 Å². The Bertz CT molecular complexity index is 934. The number of aromatic nitrogens is 1. The molecule has 1 aromatic carbocycles. The second-order valence-corrected chi connectivity index (χ2v) is 4.84. The average molecular weight is 306 g/mol. The van der Waals surface area contributed by atoms with Gasteiger partial charge in [-0.15, -0.1) is 0 Å². The molecule has 0 aliphatic rings. The molecule has 2 heterocycles. The summed E-state index contributed by atoms with van der Waals surface area (Å²) in [6.07, 6.45) is 3.40. The lowest BCUT2D eigenvalue weighted by Crippen LogP contribution is -2.05. The molecule has 0 amide bonds. The van der Waals surface area contributed by atoms with Crippen molar-refractivity contribution in [2.24, 2.45) is 0 Å². The van der Waals surface area contributed by atoms with E-state index in [0.29, 0.717) is 11.3 Å². The van der Waals surface area contributed by atoms with Crippen LogP contribution in [0.2, 0.25) is 0 Å². The zero-order valence-electron chi connectivity index (χ0n) is 12.4. The van der Waals surface area contributed by atoms with E-state index in [0.717, 1.165) is 16.4 Å². The summed E-state index contributed by atoms with van der Waals surface area (Å²) >= 11 is 0. The van der Waals surface area contributed by atoms with Crippen molar-refractivity contribution in [3.05, 3.63) is 60.8 Å². The average Bonchev–Trinajstić information content (AvgIpc) is 2.91. The van der Waals surface area contributed by atoms with Crippen molar-refractivity contribution < 1.29 is 14.3 Å². The molecular formula is C18H14N2O3. The Labute approximate surface area is 133 Å². The van der Waals surface area contributed by atoms with Gasteiger partial charge in [0.25, 0.3) is 0 Å². The van der Waals surface area contributed by atoms with Gasteiger partial charge >= 0.3 is 5.97 Å². The molecular weight excluding hydrogens is 292 g/mol. The van der Waals surface area contributed by atoms with Crippen LogP contribution in [-0.2, 0) is 4.74 Å². The predicted octanol–water partition coefficient (Wildman–Crippen LogP) is 3.34. The number of benzene rings is 1. The lowest BCUT2D eigenvalue weighted by molar-refractivity contribution is 0.0554. The molecule has 0 atom stereocenters. The fourth-order valence-electron chi connectivity index (χ4n) is 2.54. The summed E-state index contributed by atoms with van der Waals surface area (Å²) in [4.78, 5) is 12.4. The van der Waals surface area contributed by atoms with Gasteiger partial charge in [0.15, 0.2) is 6.61 Å². The predicted molar refractivity (Wildman–Crippen MR) is 86.5 cm³/mol. The lowest BCUT2D eigenvalue weighted by atomic mass is 10.1. The maximum Gasteiger partial charge on any atom is 0.341 e. The zero-order chi connectivity index (χ0) is 16.2.